The van der Waals surface area contributed by atoms with Crippen LogP contribution in [0.2, 0.25) is 0 Å². The van der Waals surface area contributed by atoms with Crippen molar-refractivity contribution in [1.82, 2.24) is 15.1 Å². The van der Waals surface area contributed by atoms with Crippen molar-refractivity contribution in [2.45, 2.75) is 56.7 Å². The molecule has 0 bridgehead atoms. The third kappa shape index (κ3) is 6.14. The molecule has 0 aromatic rings. The summed E-state index contributed by atoms with van der Waals surface area (Å²) in [5, 5.41) is 3.56. The van der Waals surface area contributed by atoms with Gasteiger partial charge in [-0.3, -0.25) is 9.89 Å². The van der Waals surface area contributed by atoms with E-state index in [0.29, 0.717) is 10.8 Å². The highest BCUT2D eigenvalue weighted by Gasteiger charge is 2.38. The van der Waals surface area contributed by atoms with Gasteiger partial charge in [0.25, 0.3) is 0 Å². The first-order chi connectivity index (χ1) is 12.2. The Hall–Kier alpha value is 0.270. The third-order valence-electron chi connectivity index (χ3n) is 5.82. The van der Waals surface area contributed by atoms with Gasteiger partial charge in [0.1, 0.15) is 0 Å². The molecule has 2 saturated heterocycles. The van der Waals surface area contributed by atoms with E-state index in [1.807, 2.05) is 0 Å². The van der Waals surface area contributed by atoms with Gasteiger partial charge in [0.15, 0.2) is 5.96 Å². The summed E-state index contributed by atoms with van der Waals surface area (Å²) < 4.78 is 5.96. The van der Waals surface area contributed by atoms with Crippen molar-refractivity contribution in [1.29, 1.82) is 0 Å². The summed E-state index contributed by atoms with van der Waals surface area (Å²) in [6.45, 7) is 12.4. The second kappa shape index (κ2) is 11.3. The topological polar surface area (TPSA) is 40.1 Å². The smallest absolute Gasteiger partial charge is 0.194 e. The molecule has 3 rings (SSSR count). The van der Waals surface area contributed by atoms with Gasteiger partial charge in [-0.25, -0.2) is 0 Å². The summed E-state index contributed by atoms with van der Waals surface area (Å²) in [5.41, 5.74) is 0. The van der Waals surface area contributed by atoms with Crippen LogP contribution in [0.25, 0.3) is 0 Å². The first-order valence-electron chi connectivity index (χ1n) is 10.2. The van der Waals surface area contributed by atoms with Crippen LogP contribution in [0.3, 0.4) is 0 Å². The van der Waals surface area contributed by atoms with Crippen LogP contribution in [-0.4, -0.2) is 84.8 Å². The Morgan fingerprint density at radius 1 is 1.19 bits per heavy atom. The zero-order chi connectivity index (χ0) is 17.5. The van der Waals surface area contributed by atoms with E-state index in [1.165, 1.54) is 44.4 Å². The molecule has 2 aliphatic heterocycles. The molecule has 3 fully saturated rings. The second-order valence-electron chi connectivity index (χ2n) is 7.71. The van der Waals surface area contributed by atoms with E-state index in [9.17, 15) is 0 Å². The maximum absolute atomic E-state index is 5.47. The Morgan fingerprint density at radius 3 is 2.62 bits per heavy atom. The number of nitrogens with one attached hydrogen (secondary N) is 1. The molecule has 26 heavy (non-hydrogen) atoms. The molecule has 1 unspecified atom stereocenters. The van der Waals surface area contributed by atoms with Crippen molar-refractivity contribution in [2.75, 3.05) is 58.2 Å². The highest BCUT2D eigenvalue weighted by atomic mass is 127. The van der Waals surface area contributed by atoms with Gasteiger partial charge >= 0.3 is 0 Å². The first kappa shape index (κ1) is 22.6. The first-order valence-corrected chi connectivity index (χ1v) is 11.2. The van der Waals surface area contributed by atoms with Crippen LogP contribution in [0.5, 0.6) is 0 Å². The Kier molecular flexibility index (Phi) is 9.82. The number of rotatable bonds is 4. The van der Waals surface area contributed by atoms with Crippen molar-refractivity contribution in [3.63, 3.8) is 0 Å². The van der Waals surface area contributed by atoms with Crippen LogP contribution in [0.1, 0.15) is 46.0 Å². The Labute approximate surface area is 181 Å². The van der Waals surface area contributed by atoms with Gasteiger partial charge in [0.05, 0.1) is 19.8 Å². The maximum Gasteiger partial charge on any atom is 0.194 e. The predicted molar refractivity (Wildman–Crippen MR) is 123 cm³/mol. The normalized spacial score (nSPS) is 25.6. The highest BCUT2D eigenvalue weighted by Crippen LogP contribution is 2.42. The van der Waals surface area contributed by atoms with Crippen molar-refractivity contribution < 1.29 is 4.74 Å². The van der Waals surface area contributed by atoms with Crippen molar-refractivity contribution >= 4 is 41.7 Å². The minimum Gasteiger partial charge on any atom is -0.379 e. The van der Waals surface area contributed by atoms with Crippen molar-refractivity contribution in [2.24, 2.45) is 4.99 Å². The Balaban J connectivity index is 0.00000243. The standard InChI is InChI=1S/C19H36N4OS.HI/c1-3-20-18(21-15-17(2)22-9-12-24-13-10-22)23-11-14-25-19(16-23)7-5-4-6-8-19;/h17H,3-16H2,1-2H3,(H,20,21);1H. The van der Waals surface area contributed by atoms with Crippen molar-refractivity contribution in [3.8, 4) is 0 Å². The van der Waals surface area contributed by atoms with Crippen molar-refractivity contribution in [3.05, 3.63) is 0 Å². The zero-order valence-corrected chi connectivity index (χ0v) is 19.7. The monoisotopic (exact) mass is 496 g/mol. The van der Waals surface area contributed by atoms with Gasteiger partial charge in [-0.15, -0.1) is 24.0 Å². The SMILES string of the molecule is CCNC(=NCC(C)N1CCOCC1)N1CCSC2(CCCCC2)C1.I. The quantitative estimate of drug-likeness (QED) is 0.368. The van der Waals surface area contributed by atoms with Crippen LogP contribution < -0.4 is 5.32 Å². The fraction of sp³-hybridized carbons (Fsp3) is 0.947. The number of ether oxygens (including phenoxy) is 1. The number of hydrogen-bond donors (Lipinski definition) is 1. The average Bonchev–Trinajstić information content (AvgIpc) is 2.66. The van der Waals surface area contributed by atoms with E-state index in [4.69, 9.17) is 9.73 Å². The number of aliphatic imine (C=N–C) groups is 1. The van der Waals surface area contributed by atoms with E-state index in [-0.39, 0.29) is 24.0 Å². The summed E-state index contributed by atoms with van der Waals surface area (Å²) in [6, 6.07) is 0.486. The molecule has 3 aliphatic rings. The molecule has 0 aromatic heterocycles. The minimum atomic E-state index is 0. The molecule has 0 aromatic carbocycles. The van der Waals surface area contributed by atoms with Gasteiger partial charge in [0.2, 0.25) is 0 Å². The predicted octanol–water partition coefficient (Wildman–Crippen LogP) is 3.04. The third-order valence-corrected chi connectivity index (χ3v) is 7.36. The molecule has 1 spiro atoms. The van der Waals surface area contributed by atoms with E-state index in [2.05, 4.69) is 40.7 Å². The van der Waals surface area contributed by atoms with Gasteiger partial charge in [-0.1, -0.05) is 19.3 Å². The van der Waals surface area contributed by atoms with Gasteiger partial charge in [-0.2, -0.15) is 11.8 Å². The lowest BCUT2D eigenvalue weighted by atomic mass is 9.87. The summed E-state index contributed by atoms with van der Waals surface area (Å²) in [7, 11) is 0. The molecule has 0 radical (unpaired) electrons. The number of thioether (sulfide) groups is 1. The van der Waals surface area contributed by atoms with E-state index >= 15 is 0 Å². The molecule has 1 atom stereocenters. The minimum absolute atomic E-state index is 0. The summed E-state index contributed by atoms with van der Waals surface area (Å²) >= 11 is 2.23. The molecule has 1 saturated carbocycles. The number of guanidine groups is 1. The number of morpholine rings is 1. The molecule has 7 heteroatoms. The number of hydrogen-bond acceptors (Lipinski definition) is 4. The van der Waals surface area contributed by atoms with Crippen LogP contribution in [0.15, 0.2) is 4.99 Å². The molecular weight excluding hydrogens is 459 g/mol. The maximum atomic E-state index is 5.47. The molecule has 2 heterocycles. The molecule has 0 amide bonds. The van der Waals surface area contributed by atoms with E-state index in [0.717, 1.165) is 51.9 Å². The lowest BCUT2D eigenvalue weighted by Gasteiger charge is -2.45. The number of nitrogens with zero attached hydrogens (tertiary/aromatic N) is 3. The van der Waals surface area contributed by atoms with Gasteiger partial charge in [-0.05, 0) is 26.7 Å². The van der Waals surface area contributed by atoms with Crippen LogP contribution in [0.4, 0.5) is 0 Å². The Morgan fingerprint density at radius 2 is 1.92 bits per heavy atom. The Bertz CT molecular complexity index is 434. The van der Waals surface area contributed by atoms with Gasteiger partial charge < -0.3 is 15.0 Å². The molecule has 1 aliphatic carbocycles. The lowest BCUT2D eigenvalue weighted by Crippen LogP contribution is -2.53. The molecule has 152 valence electrons. The van der Waals surface area contributed by atoms with Gasteiger partial charge in [0, 0.05) is 49.3 Å². The summed E-state index contributed by atoms with van der Waals surface area (Å²) in [4.78, 5) is 10.1. The van der Waals surface area contributed by atoms with Crippen LogP contribution >= 0.6 is 35.7 Å². The zero-order valence-electron chi connectivity index (χ0n) is 16.5. The fourth-order valence-corrected chi connectivity index (χ4v) is 5.87. The summed E-state index contributed by atoms with van der Waals surface area (Å²) in [6.07, 6.45) is 7.01. The lowest BCUT2D eigenvalue weighted by molar-refractivity contribution is 0.0220. The summed E-state index contributed by atoms with van der Waals surface area (Å²) in [5.74, 6) is 2.37. The van der Waals surface area contributed by atoms with Crippen LogP contribution in [-0.2, 0) is 4.74 Å². The average molecular weight is 497 g/mol. The van der Waals surface area contributed by atoms with E-state index in [1.54, 1.807) is 0 Å². The number of halogens is 1. The largest absolute Gasteiger partial charge is 0.379 e. The molecular formula is C19H37IN4OS. The molecule has 5 nitrogen and oxygen atoms in total. The molecule has 1 N–H and O–H groups in total. The highest BCUT2D eigenvalue weighted by molar-refractivity contribution is 14.0. The van der Waals surface area contributed by atoms with E-state index < -0.39 is 0 Å². The van der Waals surface area contributed by atoms with Crippen LogP contribution in [0, 0.1) is 0 Å². The second-order valence-corrected chi connectivity index (χ2v) is 9.27. The fourth-order valence-electron chi connectivity index (χ4n) is 4.30.